The van der Waals surface area contributed by atoms with Crippen molar-refractivity contribution in [1.29, 1.82) is 0 Å². The second-order valence-corrected chi connectivity index (χ2v) is 8.11. The van der Waals surface area contributed by atoms with Gasteiger partial charge in [0.15, 0.2) is 0 Å². The Morgan fingerprint density at radius 1 is 1.21 bits per heavy atom. The Morgan fingerprint density at radius 2 is 2.00 bits per heavy atom. The molecule has 0 unspecified atom stereocenters. The van der Waals surface area contributed by atoms with Gasteiger partial charge in [-0.25, -0.2) is 9.97 Å². The van der Waals surface area contributed by atoms with Crippen molar-refractivity contribution in [1.82, 2.24) is 19.7 Å². The van der Waals surface area contributed by atoms with Gasteiger partial charge in [0, 0.05) is 32.5 Å². The van der Waals surface area contributed by atoms with Crippen LogP contribution in [0.2, 0.25) is 0 Å². The van der Waals surface area contributed by atoms with Gasteiger partial charge in [-0.2, -0.15) is 5.10 Å². The van der Waals surface area contributed by atoms with Gasteiger partial charge in [-0.05, 0) is 25.2 Å². The lowest BCUT2D eigenvalue weighted by Crippen LogP contribution is -2.43. The van der Waals surface area contributed by atoms with Crippen LogP contribution in [0, 0.1) is 5.92 Å². The summed E-state index contributed by atoms with van der Waals surface area (Å²) in [5.41, 5.74) is 0.823. The molecule has 4 heterocycles. The van der Waals surface area contributed by atoms with Gasteiger partial charge in [0.1, 0.15) is 24.0 Å². The van der Waals surface area contributed by atoms with Crippen molar-refractivity contribution in [2.24, 2.45) is 13.0 Å². The number of aromatic nitrogens is 4. The summed E-state index contributed by atoms with van der Waals surface area (Å²) in [7, 11) is 1.84. The standard InChI is InChI=1S/C20H29N7O2/c1-13(2)19-15(5-4-8-29-19)24-17-9-18(22-12-21-17)25-16-6-7-27(20(16)28)14-10-23-26(3)11-14/h9-13,15-16,19H,4-8H2,1-3H3,(H2,21,22,24,25)/t15-,16-,19+/m1/s1. The number of hydrogen-bond donors (Lipinski definition) is 2. The van der Waals surface area contributed by atoms with Gasteiger partial charge in [0.2, 0.25) is 5.91 Å². The van der Waals surface area contributed by atoms with E-state index < -0.39 is 0 Å². The first-order chi connectivity index (χ1) is 14.0. The summed E-state index contributed by atoms with van der Waals surface area (Å²) in [6.45, 7) is 5.83. The normalized spacial score (nSPS) is 24.9. The molecule has 0 aromatic carbocycles. The van der Waals surface area contributed by atoms with Crippen LogP contribution in [0.15, 0.2) is 24.8 Å². The maximum atomic E-state index is 12.8. The molecule has 0 aliphatic carbocycles. The van der Waals surface area contributed by atoms with E-state index in [0.29, 0.717) is 24.7 Å². The smallest absolute Gasteiger partial charge is 0.249 e. The second-order valence-electron chi connectivity index (χ2n) is 8.11. The molecule has 29 heavy (non-hydrogen) atoms. The van der Waals surface area contributed by atoms with E-state index in [1.807, 2.05) is 19.3 Å². The number of carbonyl (C=O) groups excluding carboxylic acids is 1. The Bertz CT molecular complexity index is 853. The molecule has 4 rings (SSSR count). The molecule has 2 aliphatic rings. The molecule has 0 spiro atoms. The maximum absolute atomic E-state index is 12.8. The summed E-state index contributed by atoms with van der Waals surface area (Å²) in [4.78, 5) is 23.2. The van der Waals surface area contributed by atoms with Crippen molar-refractivity contribution in [3.8, 4) is 0 Å². The molecule has 9 nitrogen and oxygen atoms in total. The van der Waals surface area contributed by atoms with Gasteiger partial charge in [-0.3, -0.25) is 9.48 Å². The fourth-order valence-corrected chi connectivity index (χ4v) is 4.12. The van der Waals surface area contributed by atoms with Crippen LogP contribution in [0.3, 0.4) is 0 Å². The third-order valence-electron chi connectivity index (χ3n) is 5.55. The maximum Gasteiger partial charge on any atom is 0.249 e. The quantitative estimate of drug-likeness (QED) is 0.767. The Morgan fingerprint density at radius 3 is 2.72 bits per heavy atom. The second kappa shape index (κ2) is 8.36. The fraction of sp³-hybridized carbons (Fsp3) is 0.600. The monoisotopic (exact) mass is 399 g/mol. The van der Waals surface area contributed by atoms with E-state index in [1.165, 1.54) is 6.33 Å². The van der Waals surface area contributed by atoms with Crippen LogP contribution in [0.5, 0.6) is 0 Å². The average Bonchev–Trinajstić information content (AvgIpc) is 3.28. The number of amides is 1. The molecule has 0 bridgehead atoms. The van der Waals surface area contributed by atoms with E-state index in [-0.39, 0.29) is 24.1 Å². The molecule has 2 aliphatic heterocycles. The first kappa shape index (κ1) is 19.6. The molecular weight excluding hydrogens is 370 g/mol. The van der Waals surface area contributed by atoms with E-state index in [1.54, 1.807) is 15.8 Å². The molecule has 0 saturated carbocycles. The molecule has 9 heteroatoms. The zero-order valence-corrected chi connectivity index (χ0v) is 17.2. The van der Waals surface area contributed by atoms with Gasteiger partial charge in [-0.1, -0.05) is 13.8 Å². The predicted octanol–water partition coefficient (Wildman–Crippen LogP) is 2.04. The Labute approximate surface area is 170 Å². The molecule has 2 fully saturated rings. The number of anilines is 3. The molecule has 2 saturated heterocycles. The minimum absolute atomic E-state index is 0.0340. The van der Waals surface area contributed by atoms with Crippen molar-refractivity contribution in [2.45, 2.75) is 51.3 Å². The molecule has 2 N–H and O–H groups in total. The number of ether oxygens (including phenoxy) is 1. The van der Waals surface area contributed by atoms with E-state index in [2.05, 4.69) is 39.5 Å². The molecular formula is C20H29N7O2. The van der Waals surface area contributed by atoms with Gasteiger partial charge in [-0.15, -0.1) is 0 Å². The lowest BCUT2D eigenvalue weighted by Gasteiger charge is -2.35. The molecule has 3 atom stereocenters. The number of aryl methyl sites for hydroxylation is 1. The van der Waals surface area contributed by atoms with Crippen LogP contribution in [0.1, 0.15) is 33.1 Å². The number of carbonyl (C=O) groups is 1. The highest BCUT2D eigenvalue weighted by atomic mass is 16.5. The van der Waals surface area contributed by atoms with Crippen molar-refractivity contribution in [3.05, 3.63) is 24.8 Å². The van der Waals surface area contributed by atoms with Gasteiger partial charge in [0.25, 0.3) is 0 Å². The molecule has 2 aromatic rings. The number of hydrogen-bond acceptors (Lipinski definition) is 7. The number of nitrogens with zero attached hydrogens (tertiary/aromatic N) is 5. The Balaban J connectivity index is 1.41. The summed E-state index contributed by atoms with van der Waals surface area (Å²) in [6, 6.07) is 1.78. The van der Waals surface area contributed by atoms with Gasteiger partial charge in [0.05, 0.1) is 24.0 Å². The fourth-order valence-electron chi connectivity index (χ4n) is 4.12. The zero-order valence-electron chi connectivity index (χ0n) is 17.2. The minimum Gasteiger partial charge on any atom is -0.376 e. The highest BCUT2D eigenvalue weighted by Crippen LogP contribution is 2.25. The van der Waals surface area contributed by atoms with E-state index in [9.17, 15) is 4.79 Å². The first-order valence-corrected chi connectivity index (χ1v) is 10.3. The highest BCUT2D eigenvalue weighted by molar-refractivity contribution is 6.00. The van der Waals surface area contributed by atoms with Crippen LogP contribution in [0.4, 0.5) is 17.3 Å². The van der Waals surface area contributed by atoms with Crippen molar-refractivity contribution < 1.29 is 9.53 Å². The summed E-state index contributed by atoms with van der Waals surface area (Å²) in [6.07, 6.45) is 8.06. The third kappa shape index (κ3) is 4.34. The van der Waals surface area contributed by atoms with Crippen molar-refractivity contribution in [3.63, 3.8) is 0 Å². The van der Waals surface area contributed by atoms with Crippen LogP contribution < -0.4 is 15.5 Å². The molecule has 156 valence electrons. The predicted molar refractivity (Wildman–Crippen MR) is 111 cm³/mol. The molecule has 0 radical (unpaired) electrons. The minimum atomic E-state index is -0.306. The summed E-state index contributed by atoms with van der Waals surface area (Å²) in [5, 5.41) is 10.9. The van der Waals surface area contributed by atoms with Gasteiger partial charge < -0.3 is 20.3 Å². The first-order valence-electron chi connectivity index (χ1n) is 10.3. The lowest BCUT2D eigenvalue weighted by molar-refractivity contribution is -0.117. The SMILES string of the molecule is CC(C)[C@@H]1OCCC[C@H]1Nc1cc(N[C@@H]2CCN(c3cnn(C)c3)C2=O)ncn1. The largest absolute Gasteiger partial charge is 0.376 e. The van der Waals surface area contributed by atoms with Crippen molar-refractivity contribution >= 4 is 23.2 Å². The average molecular weight is 399 g/mol. The van der Waals surface area contributed by atoms with E-state index in [4.69, 9.17) is 4.74 Å². The number of rotatable bonds is 6. The molecule has 2 aromatic heterocycles. The van der Waals surface area contributed by atoms with E-state index >= 15 is 0 Å². The highest BCUT2D eigenvalue weighted by Gasteiger charge is 2.33. The third-order valence-corrected chi connectivity index (χ3v) is 5.55. The molecule has 1 amide bonds. The van der Waals surface area contributed by atoms with Crippen LogP contribution in [0.25, 0.3) is 0 Å². The van der Waals surface area contributed by atoms with Crippen LogP contribution in [-0.4, -0.2) is 57.0 Å². The number of nitrogens with one attached hydrogen (secondary N) is 2. The summed E-state index contributed by atoms with van der Waals surface area (Å²) < 4.78 is 7.65. The topological polar surface area (TPSA) is 97.2 Å². The Hall–Kier alpha value is -2.68. The van der Waals surface area contributed by atoms with Crippen LogP contribution >= 0.6 is 0 Å². The summed E-state index contributed by atoms with van der Waals surface area (Å²) >= 11 is 0. The lowest BCUT2D eigenvalue weighted by atomic mass is 9.94. The van der Waals surface area contributed by atoms with Crippen molar-refractivity contribution in [2.75, 3.05) is 28.7 Å². The van der Waals surface area contributed by atoms with Crippen LogP contribution in [-0.2, 0) is 16.6 Å². The Kier molecular flexibility index (Phi) is 5.66. The zero-order chi connectivity index (χ0) is 20.4. The van der Waals surface area contributed by atoms with E-state index in [0.717, 1.165) is 31.0 Å². The van der Waals surface area contributed by atoms with Gasteiger partial charge >= 0.3 is 0 Å². The summed E-state index contributed by atoms with van der Waals surface area (Å²) in [5.74, 6) is 1.86.